The van der Waals surface area contributed by atoms with Crippen molar-refractivity contribution in [2.24, 2.45) is 5.73 Å². The van der Waals surface area contributed by atoms with E-state index >= 15 is 0 Å². The van der Waals surface area contributed by atoms with E-state index < -0.39 is 5.97 Å². The molecular weight excluding hydrogens is 218 g/mol. The fourth-order valence-electron chi connectivity index (χ4n) is 1.39. The lowest BCUT2D eigenvalue weighted by Crippen LogP contribution is -2.11. The number of carbonyl (C=O) groups is 1. The normalized spacial score (nSPS) is 10.7. The molecule has 1 aromatic rings. The van der Waals surface area contributed by atoms with Crippen molar-refractivity contribution in [3.63, 3.8) is 0 Å². The SMILES string of the molecule is CCc1ccc(C=CC(=O)O)c(OCCN)c1. The van der Waals surface area contributed by atoms with Crippen LogP contribution in [0.1, 0.15) is 18.1 Å². The Morgan fingerprint density at radius 3 is 2.88 bits per heavy atom. The van der Waals surface area contributed by atoms with Crippen molar-refractivity contribution < 1.29 is 14.6 Å². The molecule has 0 amide bonds. The summed E-state index contributed by atoms with van der Waals surface area (Å²) >= 11 is 0. The van der Waals surface area contributed by atoms with Gasteiger partial charge in [0.1, 0.15) is 12.4 Å². The molecule has 4 nitrogen and oxygen atoms in total. The lowest BCUT2D eigenvalue weighted by Gasteiger charge is -2.09. The van der Waals surface area contributed by atoms with Crippen LogP contribution in [0.2, 0.25) is 0 Å². The molecule has 3 N–H and O–H groups in total. The molecule has 0 heterocycles. The first-order valence-electron chi connectivity index (χ1n) is 5.54. The highest BCUT2D eigenvalue weighted by Crippen LogP contribution is 2.22. The lowest BCUT2D eigenvalue weighted by molar-refractivity contribution is -0.131. The Hall–Kier alpha value is -1.81. The third-order valence-electron chi connectivity index (χ3n) is 2.27. The van der Waals surface area contributed by atoms with Gasteiger partial charge in [-0.15, -0.1) is 0 Å². The molecule has 0 fully saturated rings. The summed E-state index contributed by atoms with van der Waals surface area (Å²) < 4.78 is 5.49. The van der Waals surface area contributed by atoms with Crippen LogP contribution >= 0.6 is 0 Å². The minimum absolute atomic E-state index is 0.418. The first kappa shape index (κ1) is 13.3. The molecule has 0 saturated carbocycles. The molecule has 1 rings (SSSR count). The second-order valence-corrected chi connectivity index (χ2v) is 3.53. The van der Waals surface area contributed by atoms with Crippen molar-refractivity contribution in [1.82, 2.24) is 0 Å². The minimum atomic E-state index is -0.977. The summed E-state index contributed by atoms with van der Waals surface area (Å²) in [6.07, 6.45) is 3.52. The van der Waals surface area contributed by atoms with E-state index in [1.807, 2.05) is 18.2 Å². The molecule has 0 bridgehead atoms. The Kier molecular flexibility index (Phi) is 5.23. The van der Waals surface area contributed by atoms with Gasteiger partial charge in [-0.25, -0.2) is 4.79 Å². The number of benzene rings is 1. The Balaban J connectivity index is 2.97. The smallest absolute Gasteiger partial charge is 0.328 e. The number of nitrogens with two attached hydrogens (primary N) is 1. The maximum atomic E-state index is 10.5. The van der Waals surface area contributed by atoms with Crippen molar-refractivity contribution in [2.75, 3.05) is 13.2 Å². The molecule has 17 heavy (non-hydrogen) atoms. The van der Waals surface area contributed by atoms with Gasteiger partial charge in [0.25, 0.3) is 0 Å². The number of hydrogen-bond donors (Lipinski definition) is 2. The fourth-order valence-corrected chi connectivity index (χ4v) is 1.39. The van der Waals surface area contributed by atoms with Gasteiger partial charge in [0.15, 0.2) is 0 Å². The van der Waals surface area contributed by atoms with Crippen LogP contribution in [-0.2, 0) is 11.2 Å². The van der Waals surface area contributed by atoms with Crippen LogP contribution in [0.25, 0.3) is 6.08 Å². The van der Waals surface area contributed by atoms with Gasteiger partial charge < -0.3 is 15.6 Å². The van der Waals surface area contributed by atoms with E-state index in [9.17, 15) is 4.79 Å². The summed E-state index contributed by atoms with van der Waals surface area (Å²) in [6, 6.07) is 5.72. The van der Waals surface area contributed by atoms with Crippen LogP contribution < -0.4 is 10.5 Å². The first-order chi connectivity index (χ1) is 8.17. The third kappa shape index (κ3) is 4.28. The lowest BCUT2D eigenvalue weighted by atomic mass is 10.1. The summed E-state index contributed by atoms with van der Waals surface area (Å²) in [5.74, 6) is -0.304. The monoisotopic (exact) mass is 235 g/mol. The summed E-state index contributed by atoms with van der Waals surface area (Å²) in [5, 5.41) is 8.59. The highest BCUT2D eigenvalue weighted by molar-refractivity contribution is 5.85. The van der Waals surface area contributed by atoms with Gasteiger partial charge in [-0.05, 0) is 24.1 Å². The Labute approximate surface area is 101 Å². The highest BCUT2D eigenvalue weighted by atomic mass is 16.5. The van der Waals surface area contributed by atoms with Crippen molar-refractivity contribution in [3.05, 3.63) is 35.4 Å². The third-order valence-corrected chi connectivity index (χ3v) is 2.27. The highest BCUT2D eigenvalue weighted by Gasteiger charge is 2.02. The van der Waals surface area contributed by atoms with Gasteiger partial charge in [-0.2, -0.15) is 0 Å². The van der Waals surface area contributed by atoms with Crippen LogP contribution in [0.15, 0.2) is 24.3 Å². The molecule has 0 saturated heterocycles. The molecule has 0 aliphatic heterocycles. The van der Waals surface area contributed by atoms with Gasteiger partial charge in [0.2, 0.25) is 0 Å². The molecule has 0 spiro atoms. The number of carboxylic acids is 1. The average Bonchev–Trinajstić information content (AvgIpc) is 2.34. The number of rotatable bonds is 6. The molecular formula is C13H17NO3. The van der Waals surface area contributed by atoms with Crippen LogP contribution in [0, 0.1) is 0 Å². The van der Waals surface area contributed by atoms with Crippen LogP contribution in [-0.4, -0.2) is 24.2 Å². The fraction of sp³-hybridized carbons (Fsp3) is 0.308. The molecule has 0 unspecified atom stereocenters. The molecule has 1 aromatic carbocycles. The molecule has 0 radical (unpaired) electrons. The number of aliphatic carboxylic acids is 1. The van der Waals surface area contributed by atoms with E-state index in [2.05, 4.69) is 6.92 Å². The van der Waals surface area contributed by atoms with Gasteiger partial charge in [-0.1, -0.05) is 19.1 Å². The largest absolute Gasteiger partial charge is 0.492 e. The predicted octanol–water partition coefficient (Wildman–Crippen LogP) is 1.68. The standard InChI is InChI=1S/C13H17NO3/c1-2-10-3-4-11(5-6-13(15)16)12(9-10)17-8-7-14/h3-6,9H,2,7-8,14H2,1H3,(H,15,16). The molecule has 0 aromatic heterocycles. The molecule has 0 aliphatic rings. The Morgan fingerprint density at radius 2 is 2.29 bits per heavy atom. The zero-order valence-corrected chi connectivity index (χ0v) is 9.85. The van der Waals surface area contributed by atoms with Gasteiger partial charge in [-0.3, -0.25) is 0 Å². The Bertz CT molecular complexity index is 413. The van der Waals surface area contributed by atoms with E-state index in [0.717, 1.165) is 23.6 Å². The van der Waals surface area contributed by atoms with Crippen molar-refractivity contribution in [1.29, 1.82) is 0 Å². The molecule has 92 valence electrons. The molecule has 0 atom stereocenters. The van der Waals surface area contributed by atoms with Crippen LogP contribution in [0.5, 0.6) is 5.75 Å². The summed E-state index contributed by atoms with van der Waals surface area (Å²) in [5.41, 5.74) is 7.27. The molecule has 0 aliphatic carbocycles. The van der Waals surface area contributed by atoms with E-state index in [-0.39, 0.29) is 0 Å². The quantitative estimate of drug-likeness (QED) is 0.736. The van der Waals surface area contributed by atoms with Crippen LogP contribution in [0.3, 0.4) is 0 Å². The zero-order valence-electron chi connectivity index (χ0n) is 9.85. The van der Waals surface area contributed by atoms with Crippen LogP contribution in [0.4, 0.5) is 0 Å². The summed E-state index contributed by atoms with van der Waals surface area (Å²) in [7, 11) is 0. The van der Waals surface area contributed by atoms with Crippen molar-refractivity contribution in [2.45, 2.75) is 13.3 Å². The van der Waals surface area contributed by atoms with E-state index in [1.54, 1.807) is 0 Å². The number of ether oxygens (including phenoxy) is 1. The zero-order chi connectivity index (χ0) is 12.7. The summed E-state index contributed by atoms with van der Waals surface area (Å²) in [4.78, 5) is 10.5. The minimum Gasteiger partial charge on any atom is -0.492 e. The molecule has 4 heteroatoms. The maximum absolute atomic E-state index is 10.5. The number of hydrogen-bond acceptors (Lipinski definition) is 3. The van der Waals surface area contributed by atoms with Gasteiger partial charge >= 0.3 is 5.97 Å². The first-order valence-corrected chi connectivity index (χ1v) is 5.54. The second-order valence-electron chi connectivity index (χ2n) is 3.53. The second kappa shape index (κ2) is 6.70. The van der Waals surface area contributed by atoms with E-state index in [1.165, 1.54) is 6.08 Å². The number of aryl methyl sites for hydroxylation is 1. The number of carboxylic acid groups (broad SMARTS) is 1. The maximum Gasteiger partial charge on any atom is 0.328 e. The van der Waals surface area contributed by atoms with Gasteiger partial charge in [0, 0.05) is 18.2 Å². The van der Waals surface area contributed by atoms with Crippen molar-refractivity contribution in [3.8, 4) is 5.75 Å². The topological polar surface area (TPSA) is 72.5 Å². The van der Waals surface area contributed by atoms with Crippen molar-refractivity contribution >= 4 is 12.0 Å². The van der Waals surface area contributed by atoms with E-state index in [0.29, 0.717) is 18.9 Å². The Morgan fingerprint density at radius 1 is 1.53 bits per heavy atom. The van der Waals surface area contributed by atoms with E-state index in [4.69, 9.17) is 15.6 Å². The summed E-state index contributed by atoms with van der Waals surface area (Å²) in [6.45, 7) is 2.90. The average molecular weight is 235 g/mol. The van der Waals surface area contributed by atoms with Gasteiger partial charge in [0.05, 0.1) is 0 Å². The predicted molar refractivity (Wildman–Crippen MR) is 67.0 cm³/mol.